The van der Waals surface area contributed by atoms with Crippen LogP contribution in [0.3, 0.4) is 0 Å². The second-order valence-corrected chi connectivity index (χ2v) is 5.71. The summed E-state index contributed by atoms with van der Waals surface area (Å²) in [4.78, 5) is 13.8. The second kappa shape index (κ2) is 7.35. The minimum Gasteiger partial charge on any atom is -0.492 e. The fourth-order valence-electron chi connectivity index (χ4n) is 1.96. The normalized spacial score (nSPS) is 10.4. The van der Waals surface area contributed by atoms with Crippen LogP contribution in [-0.4, -0.2) is 24.6 Å². The molecule has 1 heterocycles. The van der Waals surface area contributed by atoms with E-state index in [1.807, 2.05) is 38.1 Å². The first kappa shape index (κ1) is 16.4. The average Bonchev–Trinajstić information content (AvgIpc) is 2.87. The predicted molar refractivity (Wildman–Crippen MR) is 89.2 cm³/mol. The molecular weight excluding hydrogens is 348 g/mol. The van der Waals surface area contributed by atoms with Gasteiger partial charge in [0, 0.05) is 7.05 Å². The molecular formula is C16H19BrN2O3. The molecule has 0 unspecified atom stereocenters. The van der Waals surface area contributed by atoms with Crippen LogP contribution in [0.25, 0.3) is 0 Å². The van der Waals surface area contributed by atoms with Crippen LogP contribution in [0, 0.1) is 6.92 Å². The average molecular weight is 367 g/mol. The molecule has 0 bridgehead atoms. The Morgan fingerprint density at radius 1 is 1.36 bits per heavy atom. The Morgan fingerprint density at radius 2 is 2.14 bits per heavy atom. The maximum atomic E-state index is 12.3. The first-order valence-electron chi connectivity index (χ1n) is 6.99. The number of benzene rings is 1. The van der Waals surface area contributed by atoms with Crippen molar-refractivity contribution in [3.8, 4) is 5.75 Å². The van der Waals surface area contributed by atoms with E-state index in [1.54, 1.807) is 18.0 Å². The number of nitrogens with one attached hydrogen (secondary N) is 1. The summed E-state index contributed by atoms with van der Waals surface area (Å²) >= 11 is 3.24. The minimum absolute atomic E-state index is 0.225. The Balaban J connectivity index is 2.04. The van der Waals surface area contributed by atoms with Gasteiger partial charge in [-0.3, -0.25) is 0 Å². The number of anilines is 1. The van der Waals surface area contributed by atoms with Crippen molar-refractivity contribution < 1.29 is 13.9 Å². The van der Waals surface area contributed by atoms with Gasteiger partial charge in [0.25, 0.3) is 0 Å². The second-order valence-electron chi connectivity index (χ2n) is 4.92. The van der Waals surface area contributed by atoms with Crippen molar-refractivity contribution in [2.24, 2.45) is 0 Å². The lowest BCUT2D eigenvalue weighted by atomic mass is 10.2. The number of aryl methyl sites for hydroxylation is 1. The molecule has 22 heavy (non-hydrogen) atoms. The van der Waals surface area contributed by atoms with Crippen LogP contribution in [0.2, 0.25) is 0 Å². The third-order valence-corrected chi connectivity index (χ3v) is 3.47. The molecule has 0 spiro atoms. The third-order valence-electron chi connectivity index (χ3n) is 3.05. The van der Waals surface area contributed by atoms with E-state index in [2.05, 4.69) is 21.2 Å². The van der Waals surface area contributed by atoms with Gasteiger partial charge in [0.1, 0.15) is 11.5 Å². The van der Waals surface area contributed by atoms with E-state index in [0.29, 0.717) is 35.0 Å². The first-order chi connectivity index (χ1) is 10.5. The van der Waals surface area contributed by atoms with Crippen LogP contribution in [0.5, 0.6) is 5.75 Å². The number of carbonyl (C=O) groups is 1. The van der Waals surface area contributed by atoms with Gasteiger partial charge in [-0.15, -0.1) is 0 Å². The summed E-state index contributed by atoms with van der Waals surface area (Å²) < 4.78 is 11.6. The number of amides is 2. The topological polar surface area (TPSA) is 54.7 Å². The van der Waals surface area contributed by atoms with Crippen LogP contribution < -0.4 is 10.1 Å². The standard InChI is InChI=1S/C16H19BrN2O3/c1-4-21-14-9-11(2)5-7-13(14)18-16(20)19(3)10-12-6-8-15(17)22-12/h5-9H,4,10H2,1-3H3,(H,18,20). The van der Waals surface area contributed by atoms with E-state index in [9.17, 15) is 4.79 Å². The molecule has 0 aliphatic heterocycles. The Kier molecular flexibility index (Phi) is 5.49. The van der Waals surface area contributed by atoms with Gasteiger partial charge in [0.05, 0.1) is 18.8 Å². The zero-order valence-electron chi connectivity index (χ0n) is 12.9. The molecule has 6 heteroatoms. The minimum atomic E-state index is -0.225. The largest absolute Gasteiger partial charge is 0.492 e. The molecule has 118 valence electrons. The van der Waals surface area contributed by atoms with Crippen molar-refractivity contribution in [3.05, 3.63) is 46.3 Å². The van der Waals surface area contributed by atoms with E-state index in [4.69, 9.17) is 9.15 Å². The van der Waals surface area contributed by atoms with E-state index in [1.165, 1.54) is 0 Å². The maximum absolute atomic E-state index is 12.3. The number of furan rings is 1. The number of urea groups is 1. The monoisotopic (exact) mass is 366 g/mol. The van der Waals surface area contributed by atoms with Gasteiger partial charge in [-0.1, -0.05) is 6.07 Å². The maximum Gasteiger partial charge on any atom is 0.322 e. The van der Waals surface area contributed by atoms with Crippen molar-refractivity contribution in [2.75, 3.05) is 19.0 Å². The lowest BCUT2D eigenvalue weighted by Crippen LogP contribution is -2.30. The molecule has 1 N–H and O–H groups in total. The fourth-order valence-corrected chi connectivity index (χ4v) is 2.30. The van der Waals surface area contributed by atoms with Gasteiger partial charge in [0.15, 0.2) is 4.67 Å². The molecule has 0 aliphatic carbocycles. The number of ether oxygens (including phenoxy) is 1. The van der Waals surface area contributed by atoms with Crippen molar-refractivity contribution in [3.63, 3.8) is 0 Å². The molecule has 5 nitrogen and oxygen atoms in total. The van der Waals surface area contributed by atoms with Crippen LogP contribution in [-0.2, 0) is 6.54 Å². The van der Waals surface area contributed by atoms with Crippen LogP contribution >= 0.6 is 15.9 Å². The molecule has 2 aromatic rings. The van der Waals surface area contributed by atoms with Gasteiger partial charge < -0.3 is 19.4 Å². The smallest absolute Gasteiger partial charge is 0.322 e. The number of hydrogen-bond donors (Lipinski definition) is 1. The number of carbonyl (C=O) groups excluding carboxylic acids is 1. The quantitative estimate of drug-likeness (QED) is 0.852. The Hall–Kier alpha value is -1.95. The van der Waals surface area contributed by atoms with Gasteiger partial charge in [-0.25, -0.2) is 4.79 Å². The van der Waals surface area contributed by atoms with Gasteiger partial charge >= 0.3 is 6.03 Å². The van der Waals surface area contributed by atoms with Gasteiger partial charge in [-0.05, 0) is 59.6 Å². The Labute approximate surface area is 138 Å². The molecule has 1 aromatic carbocycles. The van der Waals surface area contributed by atoms with Crippen molar-refractivity contribution in [1.29, 1.82) is 0 Å². The number of nitrogens with zero attached hydrogens (tertiary/aromatic N) is 1. The van der Waals surface area contributed by atoms with Crippen LogP contribution in [0.15, 0.2) is 39.4 Å². The zero-order chi connectivity index (χ0) is 16.1. The van der Waals surface area contributed by atoms with Crippen molar-refractivity contribution in [2.45, 2.75) is 20.4 Å². The molecule has 2 rings (SSSR count). The predicted octanol–water partition coefficient (Wildman–Crippen LogP) is 4.41. The summed E-state index contributed by atoms with van der Waals surface area (Å²) in [6.07, 6.45) is 0. The highest BCUT2D eigenvalue weighted by atomic mass is 79.9. The summed E-state index contributed by atoms with van der Waals surface area (Å²) in [5, 5.41) is 2.86. The number of rotatable bonds is 5. The molecule has 0 fully saturated rings. The first-order valence-corrected chi connectivity index (χ1v) is 7.78. The summed E-state index contributed by atoms with van der Waals surface area (Å²) in [5.41, 5.74) is 1.74. The van der Waals surface area contributed by atoms with E-state index in [0.717, 1.165) is 5.56 Å². The summed E-state index contributed by atoms with van der Waals surface area (Å²) in [6.45, 7) is 4.82. The lowest BCUT2D eigenvalue weighted by Gasteiger charge is -2.18. The number of halogens is 1. The van der Waals surface area contributed by atoms with E-state index < -0.39 is 0 Å². The molecule has 0 saturated carbocycles. The van der Waals surface area contributed by atoms with Crippen LogP contribution in [0.4, 0.5) is 10.5 Å². The molecule has 2 amide bonds. The highest BCUT2D eigenvalue weighted by Gasteiger charge is 2.14. The Bertz CT molecular complexity index is 655. The van der Waals surface area contributed by atoms with Gasteiger partial charge in [0.2, 0.25) is 0 Å². The molecule has 0 saturated heterocycles. The number of hydrogen-bond acceptors (Lipinski definition) is 3. The highest BCUT2D eigenvalue weighted by Crippen LogP contribution is 2.26. The summed E-state index contributed by atoms with van der Waals surface area (Å²) in [6, 6.07) is 9.08. The Morgan fingerprint density at radius 3 is 2.77 bits per heavy atom. The zero-order valence-corrected chi connectivity index (χ0v) is 14.4. The SMILES string of the molecule is CCOc1cc(C)ccc1NC(=O)N(C)Cc1ccc(Br)o1. The van der Waals surface area contributed by atoms with E-state index in [-0.39, 0.29) is 6.03 Å². The van der Waals surface area contributed by atoms with Crippen molar-refractivity contribution >= 4 is 27.6 Å². The fraction of sp³-hybridized carbons (Fsp3) is 0.312. The molecule has 0 atom stereocenters. The third kappa shape index (κ3) is 4.27. The van der Waals surface area contributed by atoms with Crippen molar-refractivity contribution in [1.82, 2.24) is 4.90 Å². The lowest BCUT2D eigenvalue weighted by molar-refractivity contribution is 0.216. The summed E-state index contributed by atoms with van der Waals surface area (Å²) in [7, 11) is 1.71. The molecule has 0 aliphatic rings. The van der Waals surface area contributed by atoms with Crippen LogP contribution in [0.1, 0.15) is 18.2 Å². The summed E-state index contributed by atoms with van der Waals surface area (Å²) in [5.74, 6) is 1.38. The van der Waals surface area contributed by atoms with Gasteiger partial charge in [-0.2, -0.15) is 0 Å². The molecule has 1 aromatic heterocycles. The van der Waals surface area contributed by atoms with E-state index >= 15 is 0 Å². The molecule has 0 radical (unpaired) electrons. The highest BCUT2D eigenvalue weighted by molar-refractivity contribution is 9.10.